The lowest BCUT2D eigenvalue weighted by Crippen LogP contribution is -2.65. The summed E-state index contributed by atoms with van der Waals surface area (Å²) in [5, 5.41) is 9.05. The average molecular weight is 242 g/mol. The number of carboxylic acids is 1. The third kappa shape index (κ3) is 3.42. The first kappa shape index (κ1) is 14.5. The summed E-state index contributed by atoms with van der Waals surface area (Å²) in [7, 11) is 2.07. The Morgan fingerprint density at radius 3 is 2.59 bits per heavy atom. The van der Waals surface area contributed by atoms with Crippen molar-refractivity contribution in [1.29, 1.82) is 0 Å². The van der Waals surface area contributed by atoms with Gasteiger partial charge in [-0.2, -0.15) is 0 Å². The van der Waals surface area contributed by atoms with E-state index < -0.39 is 5.97 Å². The number of hydrogen-bond donors (Lipinski definition) is 1. The fourth-order valence-electron chi connectivity index (χ4n) is 3.27. The molecule has 4 heteroatoms. The fraction of sp³-hybridized carbons (Fsp3) is 0.923. The van der Waals surface area contributed by atoms with E-state index in [0.29, 0.717) is 6.04 Å². The first-order valence-corrected chi connectivity index (χ1v) is 6.46. The lowest BCUT2D eigenvalue weighted by molar-refractivity contribution is -0.141. The molecule has 0 aromatic heterocycles. The Labute approximate surface area is 105 Å². The maximum Gasteiger partial charge on any atom is 0.304 e. The molecule has 1 rings (SSSR count). The number of nitrogens with zero attached hydrogens (tertiary/aromatic N) is 2. The standard InChI is InChI=1S/C13H26N2O2/c1-6-10(2)15-11(7-12(16)17)8-14(5)9-13(15,3)4/h10-11H,6-9H2,1-5H3,(H,16,17). The van der Waals surface area contributed by atoms with Gasteiger partial charge in [-0.25, -0.2) is 0 Å². The minimum atomic E-state index is -0.700. The molecule has 4 nitrogen and oxygen atoms in total. The van der Waals surface area contributed by atoms with Gasteiger partial charge in [0.15, 0.2) is 0 Å². The first-order chi connectivity index (χ1) is 7.77. The molecular weight excluding hydrogens is 216 g/mol. The van der Waals surface area contributed by atoms with E-state index in [2.05, 4.69) is 44.5 Å². The van der Waals surface area contributed by atoms with Gasteiger partial charge in [-0.1, -0.05) is 6.92 Å². The van der Waals surface area contributed by atoms with Crippen LogP contribution in [0, 0.1) is 0 Å². The van der Waals surface area contributed by atoms with Crippen LogP contribution in [0.1, 0.15) is 40.5 Å². The number of piperazine rings is 1. The number of likely N-dealkylation sites (N-methyl/N-ethyl adjacent to an activating group) is 1. The Balaban J connectivity index is 2.92. The van der Waals surface area contributed by atoms with Gasteiger partial charge in [0.25, 0.3) is 0 Å². The lowest BCUT2D eigenvalue weighted by Gasteiger charge is -2.53. The summed E-state index contributed by atoms with van der Waals surface area (Å²) in [6, 6.07) is 0.555. The van der Waals surface area contributed by atoms with Crippen molar-refractivity contribution in [3.63, 3.8) is 0 Å². The molecular formula is C13H26N2O2. The number of rotatable bonds is 4. The Morgan fingerprint density at radius 2 is 2.12 bits per heavy atom. The highest BCUT2D eigenvalue weighted by Crippen LogP contribution is 2.29. The van der Waals surface area contributed by atoms with Crippen molar-refractivity contribution in [3.05, 3.63) is 0 Å². The van der Waals surface area contributed by atoms with Crippen molar-refractivity contribution < 1.29 is 9.90 Å². The van der Waals surface area contributed by atoms with Gasteiger partial charge in [-0.05, 0) is 34.2 Å². The zero-order valence-corrected chi connectivity index (χ0v) is 11.7. The van der Waals surface area contributed by atoms with Crippen molar-refractivity contribution in [2.45, 2.75) is 58.2 Å². The topological polar surface area (TPSA) is 43.8 Å². The lowest BCUT2D eigenvalue weighted by atomic mass is 9.91. The molecule has 2 unspecified atom stereocenters. The van der Waals surface area contributed by atoms with Crippen LogP contribution in [0.2, 0.25) is 0 Å². The van der Waals surface area contributed by atoms with Gasteiger partial charge in [-0.15, -0.1) is 0 Å². The monoisotopic (exact) mass is 242 g/mol. The van der Waals surface area contributed by atoms with Crippen LogP contribution in [-0.2, 0) is 4.79 Å². The summed E-state index contributed by atoms with van der Waals surface area (Å²) in [6.45, 7) is 10.6. The van der Waals surface area contributed by atoms with Crippen molar-refractivity contribution in [1.82, 2.24) is 9.80 Å². The van der Waals surface area contributed by atoms with E-state index in [9.17, 15) is 4.79 Å². The molecule has 2 atom stereocenters. The number of carbonyl (C=O) groups is 1. The molecule has 1 aliphatic rings. The van der Waals surface area contributed by atoms with Crippen molar-refractivity contribution in [2.75, 3.05) is 20.1 Å². The van der Waals surface area contributed by atoms with E-state index in [4.69, 9.17) is 5.11 Å². The molecule has 1 aliphatic heterocycles. The van der Waals surface area contributed by atoms with E-state index in [0.717, 1.165) is 19.5 Å². The Hall–Kier alpha value is -0.610. The highest BCUT2D eigenvalue weighted by molar-refractivity contribution is 5.67. The van der Waals surface area contributed by atoms with Crippen molar-refractivity contribution in [3.8, 4) is 0 Å². The summed E-state index contributed by atoms with van der Waals surface area (Å²) >= 11 is 0. The normalized spacial score (nSPS) is 27.9. The van der Waals surface area contributed by atoms with E-state index >= 15 is 0 Å². The first-order valence-electron chi connectivity index (χ1n) is 6.46. The summed E-state index contributed by atoms with van der Waals surface area (Å²) in [6.07, 6.45) is 1.29. The maximum atomic E-state index is 11.0. The second-order valence-corrected chi connectivity index (χ2v) is 5.93. The number of carboxylic acid groups (broad SMARTS) is 1. The van der Waals surface area contributed by atoms with E-state index in [1.165, 1.54) is 0 Å². The van der Waals surface area contributed by atoms with Crippen LogP contribution < -0.4 is 0 Å². The molecule has 1 fully saturated rings. The Morgan fingerprint density at radius 1 is 1.53 bits per heavy atom. The average Bonchev–Trinajstić information content (AvgIpc) is 2.13. The van der Waals surface area contributed by atoms with Crippen LogP contribution in [0.15, 0.2) is 0 Å². The van der Waals surface area contributed by atoms with E-state index in [-0.39, 0.29) is 18.0 Å². The molecule has 17 heavy (non-hydrogen) atoms. The van der Waals surface area contributed by atoms with Crippen LogP contribution in [-0.4, -0.2) is 58.6 Å². The molecule has 0 radical (unpaired) electrons. The molecule has 0 aromatic rings. The molecule has 1 saturated heterocycles. The quantitative estimate of drug-likeness (QED) is 0.814. The minimum absolute atomic E-state index is 0.0442. The molecule has 1 heterocycles. The predicted octanol–water partition coefficient (Wildman–Crippen LogP) is 1.65. The fourth-order valence-corrected chi connectivity index (χ4v) is 3.27. The van der Waals surface area contributed by atoms with Crippen molar-refractivity contribution in [2.24, 2.45) is 0 Å². The van der Waals surface area contributed by atoms with Gasteiger partial charge in [0, 0.05) is 30.7 Å². The summed E-state index contributed by atoms with van der Waals surface area (Å²) in [4.78, 5) is 15.6. The largest absolute Gasteiger partial charge is 0.481 e. The zero-order chi connectivity index (χ0) is 13.2. The van der Waals surface area contributed by atoms with Crippen LogP contribution in [0.3, 0.4) is 0 Å². The highest BCUT2D eigenvalue weighted by atomic mass is 16.4. The van der Waals surface area contributed by atoms with Gasteiger partial charge in [0.2, 0.25) is 0 Å². The minimum Gasteiger partial charge on any atom is -0.481 e. The molecule has 0 saturated carbocycles. The van der Waals surface area contributed by atoms with Crippen LogP contribution in [0.25, 0.3) is 0 Å². The summed E-state index contributed by atoms with van der Waals surface area (Å²) in [5.41, 5.74) is 0.0442. The Kier molecular flexibility index (Phi) is 4.55. The SMILES string of the molecule is CCC(C)N1C(CC(=O)O)CN(C)CC1(C)C. The number of aliphatic carboxylic acids is 1. The van der Waals surface area contributed by atoms with Crippen molar-refractivity contribution >= 4 is 5.97 Å². The maximum absolute atomic E-state index is 11.0. The van der Waals surface area contributed by atoms with Gasteiger partial charge in [0.1, 0.15) is 0 Å². The smallest absolute Gasteiger partial charge is 0.304 e. The summed E-state index contributed by atoms with van der Waals surface area (Å²) < 4.78 is 0. The molecule has 1 N–H and O–H groups in total. The second-order valence-electron chi connectivity index (χ2n) is 5.93. The molecule has 0 bridgehead atoms. The van der Waals surface area contributed by atoms with Gasteiger partial charge in [0.05, 0.1) is 6.42 Å². The predicted molar refractivity (Wildman–Crippen MR) is 69.2 cm³/mol. The molecule has 0 spiro atoms. The molecule has 0 aromatic carbocycles. The van der Waals surface area contributed by atoms with E-state index in [1.54, 1.807) is 0 Å². The molecule has 0 amide bonds. The molecule has 100 valence electrons. The van der Waals surface area contributed by atoms with E-state index in [1.807, 2.05) is 0 Å². The van der Waals surface area contributed by atoms with Gasteiger partial charge < -0.3 is 10.0 Å². The van der Waals surface area contributed by atoms with Crippen LogP contribution in [0.5, 0.6) is 0 Å². The van der Waals surface area contributed by atoms with Crippen LogP contribution in [0.4, 0.5) is 0 Å². The zero-order valence-electron chi connectivity index (χ0n) is 11.7. The number of hydrogen-bond acceptors (Lipinski definition) is 3. The summed E-state index contributed by atoms with van der Waals surface area (Å²) in [5.74, 6) is -0.700. The highest BCUT2D eigenvalue weighted by Gasteiger charge is 2.41. The Bertz CT molecular complexity index is 279. The second kappa shape index (κ2) is 5.36. The molecule has 0 aliphatic carbocycles. The third-order valence-electron chi connectivity index (χ3n) is 3.75. The van der Waals surface area contributed by atoms with Gasteiger partial charge >= 0.3 is 5.97 Å². The third-order valence-corrected chi connectivity index (χ3v) is 3.75. The van der Waals surface area contributed by atoms with Crippen LogP contribution >= 0.6 is 0 Å². The van der Waals surface area contributed by atoms with Gasteiger partial charge in [-0.3, -0.25) is 9.69 Å².